The zero-order valence-electron chi connectivity index (χ0n) is 16.0. The van der Waals surface area contributed by atoms with Crippen LogP contribution in [-0.2, 0) is 11.2 Å². The van der Waals surface area contributed by atoms with Crippen LogP contribution in [0.5, 0.6) is 5.75 Å². The lowest BCUT2D eigenvalue weighted by Crippen LogP contribution is -2.15. The summed E-state index contributed by atoms with van der Waals surface area (Å²) >= 11 is 0. The highest BCUT2D eigenvalue weighted by Gasteiger charge is 2.26. The maximum Gasteiger partial charge on any atom is 0.339 e. The molecule has 0 amide bonds. The van der Waals surface area contributed by atoms with Crippen LogP contribution in [0.15, 0.2) is 36.4 Å². The van der Waals surface area contributed by atoms with Crippen LogP contribution < -0.4 is 5.73 Å². The number of aryl methyl sites for hydroxylation is 1. The highest BCUT2D eigenvalue weighted by Crippen LogP contribution is 2.34. The predicted molar refractivity (Wildman–Crippen MR) is 106 cm³/mol. The fourth-order valence-corrected chi connectivity index (χ4v) is 2.93. The average molecular weight is 369 g/mol. The lowest BCUT2D eigenvalue weighted by molar-refractivity contribution is 0.0494. The van der Waals surface area contributed by atoms with Crippen LogP contribution in [0.2, 0.25) is 0 Å². The first-order valence-corrected chi connectivity index (χ1v) is 9.42. The molecule has 0 aromatic heterocycles. The Balaban J connectivity index is 2.38. The van der Waals surface area contributed by atoms with Gasteiger partial charge < -0.3 is 15.6 Å². The molecule has 0 aliphatic rings. The van der Waals surface area contributed by atoms with Gasteiger partial charge in [-0.25, -0.2) is 4.79 Å². The number of ketones is 1. The van der Waals surface area contributed by atoms with E-state index in [0.29, 0.717) is 17.5 Å². The lowest BCUT2D eigenvalue weighted by atomic mass is 9.93. The van der Waals surface area contributed by atoms with E-state index >= 15 is 0 Å². The SMILES string of the molecule is CCCCCCOC(=O)c1cc(CC)c(N)c(O)c1C(=O)c1ccccc1. The van der Waals surface area contributed by atoms with Gasteiger partial charge in [0.2, 0.25) is 0 Å². The van der Waals surface area contributed by atoms with Gasteiger partial charge in [0.25, 0.3) is 0 Å². The number of unbranched alkanes of at least 4 members (excludes halogenated alkanes) is 3. The quantitative estimate of drug-likeness (QED) is 0.223. The summed E-state index contributed by atoms with van der Waals surface area (Å²) in [4.78, 5) is 25.6. The van der Waals surface area contributed by atoms with E-state index < -0.39 is 11.8 Å². The number of carbonyl (C=O) groups excluding carboxylic acids is 2. The second kappa shape index (κ2) is 9.76. The number of hydrogen-bond donors (Lipinski definition) is 2. The number of phenols is 1. The third kappa shape index (κ3) is 4.88. The van der Waals surface area contributed by atoms with Gasteiger partial charge in [0.1, 0.15) is 0 Å². The van der Waals surface area contributed by atoms with Gasteiger partial charge in [-0.05, 0) is 24.5 Å². The van der Waals surface area contributed by atoms with Crippen molar-refractivity contribution in [3.63, 3.8) is 0 Å². The minimum atomic E-state index is -0.615. The van der Waals surface area contributed by atoms with E-state index in [1.54, 1.807) is 36.4 Å². The molecule has 0 fully saturated rings. The van der Waals surface area contributed by atoms with E-state index in [2.05, 4.69) is 6.92 Å². The van der Waals surface area contributed by atoms with Crippen LogP contribution in [0.4, 0.5) is 5.69 Å². The monoisotopic (exact) mass is 369 g/mol. The number of nitrogen functional groups attached to an aromatic ring is 1. The number of nitrogens with two attached hydrogens (primary N) is 1. The van der Waals surface area contributed by atoms with Crippen LogP contribution in [0.3, 0.4) is 0 Å². The summed E-state index contributed by atoms with van der Waals surface area (Å²) in [6.07, 6.45) is 4.44. The van der Waals surface area contributed by atoms with Crippen molar-refractivity contribution < 1.29 is 19.4 Å². The molecule has 0 spiro atoms. The minimum absolute atomic E-state index is 0.0582. The molecule has 0 saturated carbocycles. The molecule has 0 unspecified atom stereocenters. The maximum absolute atomic E-state index is 12.9. The summed E-state index contributed by atoms with van der Waals surface area (Å²) in [6.45, 7) is 4.25. The number of esters is 1. The van der Waals surface area contributed by atoms with Gasteiger partial charge in [-0.2, -0.15) is 0 Å². The third-order valence-electron chi connectivity index (χ3n) is 4.52. The second-order valence-corrected chi connectivity index (χ2v) is 6.47. The summed E-state index contributed by atoms with van der Waals surface area (Å²) < 4.78 is 5.35. The molecule has 2 aromatic rings. The molecule has 5 heteroatoms. The summed E-state index contributed by atoms with van der Waals surface area (Å²) in [5.41, 5.74) is 7.03. The molecule has 144 valence electrons. The molecule has 27 heavy (non-hydrogen) atoms. The number of hydrogen-bond acceptors (Lipinski definition) is 5. The van der Waals surface area contributed by atoms with Gasteiger partial charge in [0, 0.05) is 5.56 Å². The van der Waals surface area contributed by atoms with E-state index in [1.807, 2.05) is 6.92 Å². The van der Waals surface area contributed by atoms with Crippen LogP contribution in [-0.4, -0.2) is 23.5 Å². The highest BCUT2D eigenvalue weighted by atomic mass is 16.5. The maximum atomic E-state index is 12.9. The Bertz CT molecular complexity index is 800. The number of carbonyl (C=O) groups is 2. The zero-order valence-corrected chi connectivity index (χ0v) is 16.0. The fourth-order valence-electron chi connectivity index (χ4n) is 2.93. The van der Waals surface area contributed by atoms with Crippen molar-refractivity contribution in [3.8, 4) is 5.75 Å². The number of rotatable bonds is 9. The molecule has 0 aliphatic carbocycles. The molecule has 3 N–H and O–H groups in total. The van der Waals surface area contributed by atoms with Gasteiger partial charge in [0.15, 0.2) is 11.5 Å². The second-order valence-electron chi connectivity index (χ2n) is 6.47. The number of benzene rings is 2. The predicted octanol–water partition coefficient (Wildman–Crippen LogP) is 4.50. The van der Waals surface area contributed by atoms with E-state index in [9.17, 15) is 14.7 Å². The average Bonchev–Trinajstić information content (AvgIpc) is 2.69. The van der Waals surface area contributed by atoms with Gasteiger partial charge in [-0.1, -0.05) is 63.4 Å². The smallest absolute Gasteiger partial charge is 0.339 e. The Morgan fingerprint density at radius 1 is 1.07 bits per heavy atom. The lowest BCUT2D eigenvalue weighted by Gasteiger charge is -2.15. The van der Waals surface area contributed by atoms with E-state index in [1.165, 1.54) is 0 Å². The molecule has 2 rings (SSSR count). The summed E-state index contributed by atoms with van der Waals surface area (Å²) in [7, 11) is 0. The van der Waals surface area contributed by atoms with Crippen molar-refractivity contribution in [3.05, 3.63) is 58.7 Å². The van der Waals surface area contributed by atoms with Crippen molar-refractivity contribution in [2.75, 3.05) is 12.3 Å². The van der Waals surface area contributed by atoms with Crippen molar-refractivity contribution >= 4 is 17.4 Å². The van der Waals surface area contributed by atoms with Gasteiger partial charge in [-0.3, -0.25) is 4.79 Å². The molecule has 0 heterocycles. The topological polar surface area (TPSA) is 89.6 Å². The van der Waals surface area contributed by atoms with Gasteiger partial charge in [-0.15, -0.1) is 0 Å². The van der Waals surface area contributed by atoms with Crippen LogP contribution in [0.25, 0.3) is 0 Å². The Morgan fingerprint density at radius 2 is 1.78 bits per heavy atom. The van der Waals surface area contributed by atoms with E-state index in [0.717, 1.165) is 25.7 Å². The van der Waals surface area contributed by atoms with Crippen molar-refractivity contribution in [2.24, 2.45) is 0 Å². The Hall–Kier alpha value is -2.82. The van der Waals surface area contributed by atoms with Crippen molar-refractivity contribution in [1.82, 2.24) is 0 Å². The van der Waals surface area contributed by atoms with E-state index in [4.69, 9.17) is 10.5 Å². The highest BCUT2D eigenvalue weighted by molar-refractivity contribution is 6.17. The molecular formula is C22H27NO4. The number of anilines is 1. The molecule has 2 aromatic carbocycles. The van der Waals surface area contributed by atoms with Crippen molar-refractivity contribution in [2.45, 2.75) is 46.0 Å². The molecule has 0 saturated heterocycles. The summed E-state index contributed by atoms with van der Waals surface area (Å²) in [5, 5.41) is 10.6. The number of ether oxygens (including phenoxy) is 1. The van der Waals surface area contributed by atoms with Crippen LogP contribution >= 0.6 is 0 Å². The Labute approximate surface area is 160 Å². The van der Waals surface area contributed by atoms with Gasteiger partial charge in [0.05, 0.1) is 23.4 Å². The molecular weight excluding hydrogens is 342 g/mol. The van der Waals surface area contributed by atoms with E-state index in [-0.39, 0.29) is 29.2 Å². The minimum Gasteiger partial charge on any atom is -0.505 e. The van der Waals surface area contributed by atoms with Crippen LogP contribution in [0, 0.1) is 0 Å². The largest absolute Gasteiger partial charge is 0.505 e. The standard InChI is InChI=1S/C22H27NO4/c1-3-5-6-10-13-27-22(26)17-14-15(4-2)19(23)21(25)18(17)20(24)16-11-8-7-9-12-16/h7-9,11-12,14,25H,3-6,10,13,23H2,1-2H3. The molecule has 0 bridgehead atoms. The first-order valence-electron chi connectivity index (χ1n) is 9.42. The molecule has 0 atom stereocenters. The summed E-state index contributed by atoms with van der Waals surface area (Å²) in [5.74, 6) is -1.43. The fraction of sp³-hybridized carbons (Fsp3) is 0.364. The Kier molecular flexibility index (Phi) is 7.41. The Morgan fingerprint density at radius 3 is 2.41 bits per heavy atom. The molecule has 0 radical (unpaired) electrons. The first kappa shape index (κ1) is 20.5. The van der Waals surface area contributed by atoms with Gasteiger partial charge >= 0.3 is 5.97 Å². The first-order chi connectivity index (χ1) is 13.0. The third-order valence-corrected chi connectivity index (χ3v) is 4.52. The van der Waals surface area contributed by atoms with Crippen molar-refractivity contribution in [1.29, 1.82) is 0 Å². The zero-order chi connectivity index (χ0) is 19.8. The molecule has 0 aliphatic heterocycles. The molecule has 5 nitrogen and oxygen atoms in total. The summed E-state index contributed by atoms with van der Waals surface area (Å²) in [6, 6.07) is 10.0. The van der Waals surface area contributed by atoms with Crippen LogP contribution in [0.1, 0.15) is 71.4 Å². The number of phenolic OH excluding ortho intramolecular Hbond substituents is 1. The number of aromatic hydroxyl groups is 1. The normalized spacial score (nSPS) is 10.6.